The maximum Gasteiger partial charge on any atom is 0.496 e. The first kappa shape index (κ1) is 71.7. The van der Waals surface area contributed by atoms with Crippen LogP contribution in [0.25, 0.3) is 33.5 Å². The summed E-state index contributed by atoms with van der Waals surface area (Å²) in [6.45, 7) is 16.0. The molecule has 9 rings (SSSR count). The fraction of sp³-hybridized carbons (Fsp3) is 0.333. The summed E-state index contributed by atoms with van der Waals surface area (Å²) >= 11 is 20.5. The maximum absolute atomic E-state index is 12.0. The highest BCUT2D eigenvalue weighted by Crippen LogP contribution is 2.37. The fourth-order valence-corrected chi connectivity index (χ4v) is 8.27. The number of fused-ring (bicyclic) bond motifs is 2. The summed E-state index contributed by atoms with van der Waals surface area (Å²) in [5.74, 6) is -0.365. The molecule has 20 nitrogen and oxygen atoms in total. The molecule has 1 radical (unpaired) electrons. The number of carboxylic acids is 1. The van der Waals surface area contributed by atoms with Crippen LogP contribution in [0.15, 0.2) is 103 Å². The fourth-order valence-electron chi connectivity index (χ4n) is 6.77. The van der Waals surface area contributed by atoms with Gasteiger partial charge < -0.3 is 47.4 Å². The molecule has 28 heteroatoms. The number of aromatic nitrogens is 6. The molecule has 0 saturated carbocycles. The van der Waals surface area contributed by atoms with E-state index in [1.807, 2.05) is 59.7 Å². The standard InChI is InChI=1S/C16H14ClN3O3.C15H23BN2O3.C9H11BrN2O.C7H6BrNO3.C7H3ClINO.C3H8.BH3P/c1-20(2)16(21)11-5-4-9(15(19-11)22-3)13-8-12-14(23-13)10(17)6-7-18-12;1-10-11(8-9-12(17-10)13(19)18(6)7)16-20-14(2,3)15(4,5)21-16;1-6-7(10)4-5-8(11-6)9(13)12(2)3;1-12-6-4(8)2-3-5(9-6)7(10)11;8-4-1-2-10-5-3-6(9)11-7(4)5;1-3-2;1-2/h4-8H,1-3H3;8-9H,1-7H3;4-5H,1-3H3;2-3H,1H3,(H,10,11);1-3H;3H2,1-2H3;1H,2H2/i;;;;;;1D. The predicted molar refractivity (Wildman–Crippen MR) is 354 cm³/mol. The highest BCUT2D eigenvalue weighted by atomic mass is 127. The molecule has 1 unspecified atom stereocenters. The molecule has 8 aromatic heterocycles. The van der Waals surface area contributed by atoms with E-state index in [2.05, 4.69) is 107 Å². The van der Waals surface area contributed by atoms with Crippen molar-refractivity contribution in [2.24, 2.45) is 0 Å². The molecule has 0 spiro atoms. The zero-order valence-corrected chi connectivity index (χ0v) is 58.0. The van der Waals surface area contributed by atoms with Crippen LogP contribution in [0.1, 0.15) is 101 Å². The van der Waals surface area contributed by atoms with Crippen molar-refractivity contribution < 1.29 is 51.9 Å². The van der Waals surface area contributed by atoms with Crippen LogP contribution in [0.5, 0.6) is 11.8 Å². The maximum atomic E-state index is 12.0. The van der Waals surface area contributed by atoms with Crippen LogP contribution in [0.2, 0.25) is 10.0 Å². The second kappa shape index (κ2) is 33.9. The molecule has 0 aromatic carbocycles. The first-order chi connectivity index (χ1) is 40.3. The number of furan rings is 2. The lowest BCUT2D eigenvalue weighted by molar-refractivity contribution is 0.00578. The first-order valence-electron chi connectivity index (χ1n) is 26.2. The van der Waals surface area contributed by atoms with Gasteiger partial charge in [-0.15, -0.1) is 0 Å². The van der Waals surface area contributed by atoms with Crippen LogP contribution in [0, 0.1) is 17.6 Å². The van der Waals surface area contributed by atoms with Gasteiger partial charge in [0, 0.05) is 82.4 Å². The Hall–Kier alpha value is -5.79. The normalized spacial score (nSPS) is 12.4. The summed E-state index contributed by atoms with van der Waals surface area (Å²) in [6, 6.07) is 20.4. The summed E-state index contributed by atoms with van der Waals surface area (Å²) in [6.07, 6.45) is 4.52. The molecule has 1 N–H and O–H groups in total. The molecule has 1 aliphatic heterocycles. The minimum absolute atomic E-state index is 0.0324. The predicted octanol–water partition coefficient (Wildman–Crippen LogP) is 12.2. The van der Waals surface area contributed by atoms with Crippen LogP contribution >= 0.6 is 86.8 Å². The number of carbonyl (C=O) groups excluding carboxylic acids is 3. The second-order valence-electron chi connectivity index (χ2n) is 19.5. The number of hydrogen-bond donors (Lipinski definition) is 1. The first-order valence-corrected chi connectivity index (χ1v) is 29.7. The number of amides is 3. The second-order valence-corrected chi connectivity index (χ2v) is 23.0. The lowest BCUT2D eigenvalue weighted by Gasteiger charge is -2.32. The number of hydrogen-bond acceptors (Lipinski definition) is 16. The van der Waals surface area contributed by atoms with E-state index in [-0.39, 0.29) is 40.5 Å². The summed E-state index contributed by atoms with van der Waals surface area (Å²) in [5.41, 5.74) is 6.07. The van der Waals surface area contributed by atoms with Crippen molar-refractivity contribution in [1.82, 2.24) is 44.6 Å². The van der Waals surface area contributed by atoms with Gasteiger partial charge in [0.25, 0.3) is 17.7 Å². The van der Waals surface area contributed by atoms with E-state index in [0.717, 1.165) is 30.6 Å². The number of ether oxygens (including phenoxy) is 2. The van der Waals surface area contributed by atoms with Crippen molar-refractivity contribution >= 4 is 153 Å². The van der Waals surface area contributed by atoms with Gasteiger partial charge in [0.2, 0.25) is 11.8 Å². The molecule has 0 aliphatic carbocycles. The van der Waals surface area contributed by atoms with Gasteiger partial charge in [-0.1, -0.05) is 49.5 Å². The molecule has 9 heterocycles. The largest absolute Gasteiger partial charge is 0.496 e. The van der Waals surface area contributed by atoms with E-state index >= 15 is 0 Å². The Kier molecular flexibility index (Phi) is 28.6. The van der Waals surface area contributed by atoms with Crippen molar-refractivity contribution in [2.75, 3.05) is 56.5 Å². The number of aromatic carboxylic acids is 1. The lowest BCUT2D eigenvalue weighted by Crippen LogP contribution is -2.41. The van der Waals surface area contributed by atoms with Gasteiger partial charge in [-0.25, -0.2) is 24.7 Å². The number of rotatable bonds is 8. The van der Waals surface area contributed by atoms with E-state index in [4.69, 9.17) is 57.3 Å². The number of pyridine rings is 6. The lowest BCUT2D eigenvalue weighted by atomic mass is 9.78. The van der Waals surface area contributed by atoms with Crippen LogP contribution in [0.3, 0.4) is 0 Å². The molecule has 85 heavy (non-hydrogen) atoms. The van der Waals surface area contributed by atoms with Crippen molar-refractivity contribution in [3.05, 3.63) is 142 Å². The Balaban J connectivity index is 0.000000282. The molecule has 1 atom stereocenters. The van der Waals surface area contributed by atoms with E-state index < -0.39 is 13.1 Å². The van der Waals surface area contributed by atoms with Gasteiger partial charge in [0.1, 0.15) is 41.4 Å². The zero-order valence-electron chi connectivity index (χ0n) is 51.0. The van der Waals surface area contributed by atoms with Crippen molar-refractivity contribution in [1.29, 1.82) is 1.34 Å². The van der Waals surface area contributed by atoms with Crippen LogP contribution in [-0.2, 0) is 9.31 Å². The molecule has 1 fully saturated rings. The summed E-state index contributed by atoms with van der Waals surface area (Å²) < 4.78 is 41.6. The highest BCUT2D eigenvalue weighted by molar-refractivity contribution is 14.1. The number of halogens is 5. The molecule has 1 saturated heterocycles. The quantitative estimate of drug-likeness (QED) is 0.0845. The van der Waals surface area contributed by atoms with Gasteiger partial charge in [-0.05, 0) is 152 Å². The van der Waals surface area contributed by atoms with Crippen LogP contribution in [-0.4, -0.2) is 157 Å². The van der Waals surface area contributed by atoms with E-state index in [1.54, 1.807) is 103 Å². The van der Waals surface area contributed by atoms with Crippen molar-refractivity contribution in [3.8, 4) is 23.1 Å². The minimum atomic E-state index is -1.07. The molecular formula is C57H68B2Br2Cl2IN9O11P. The Labute approximate surface area is 541 Å². The average Bonchev–Trinajstić information content (AvgIpc) is 3.00. The van der Waals surface area contributed by atoms with Crippen LogP contribution < -0.4 is 14.9 Å². The molecule has 0 bridgehead atoms. The third-order valence-corrected chi connectivity index (χ3v) is 14.3. The summed E-state index contributed by atoms with van der Waals surface area (Å²) in [7, 11) is 15.9. The van der Waals surface area contributed by atoms with E-state index in [0.29, 0.717) is 65.5 Å². The molecule has 8 aromatic rings. The van der Waals surface area contributed by atoms with Gasteiger partial charge in [-0.3, -0.25) is 24.4 Å². The summed E-state index contributed by atoms with van der Waals surface area (Å²) in [5, 5.41) is 9.65. The minimum Gasteiger partial charge on any atom is -0.480 e. The van der Waals surface area contributed by atoms with Crippen molar-refractivity contribution in [2.45, 2.75) is 73.0 Å². The number of carboxylic acid groups (broad SMARTS) is 1. The monoisotopic (exact) mass is 1460 g/mol. The SMILES string of the molecule is CCC.COc1nc(C(=O)N(C)C)ccc1-c1cc2nccc(Cl)c2o1.COc1nc(C(=O)O)ccc1Br.Cc1nc(C(=O)N(C)C)ccc1B1OC(C)(C)C(C)(C)O1.Cc1nc(C(=O)N(C)C)ccc1Br.Clc1ccnc2cc(I)oc12.[2H][B]P. The average molecular weight is 1470 g/mol. The smallest absolute Gasteiger partial charge is 0.480 e. The molecule has 3 amide bonds. The number of methoxy groups -OCH3 is 2. The third kappa shape index (κ3) is 20.4. The Morgan fingerprint density at radius 3 is 1.52 bits per heavy atom. The van der Waals surface area contributed by atoms with E-state index in [9.17, 15) is 19.2 Å². The molecule has 453 valence electrons. The number of aryl methyl sites for hydroxylation is 2. The Morgan fingerprint density at radius 2 is 1.08 bits per heavy atom. The van der Waals surface area contributed by atoms with Gasteiger partial charge >= 0.3 is 13.1 Å². The highest BCUT2D eigenvalue weighted by Gasteiger charge is 2.52. The van der Waals surface area contributed by atoms with Gasteiger partial charge in [0.15, 0.2) is 20.6 Å². The topological polar surface area (TPSA) is 239 Å². The van der Waals surface area contributed by atoms with Gasteiger partial charge in [0.05, 0.1) is 51.2 Å². The van der Waals surface area contributed by atoms with Crippen LogP contribution in [0.4, 0.5) is 0 Å². The third-order valence-electron chi connectivity index (χ3n) is 11.8. The number of carbonyl (C=O) groups is 4. The summed E-state index contributed by atoms with van der Waals surface area (Å²) in [4.78, 5) is 75.1. The van der Waals surface area contributed by atoms with E-state index in [1.165, 1.54) is 48.9 Å². The zero-order chi connectivity index (χ0) is 65.0. The Morgan fingerprint density at radius 1 is 0.671 bits per heavy atom. The molecular weight excluding hydrogens is 1400 g/mol. The Bertz CT molecular complexity index is 3590. The van der Waals surface area contributed by atoms with Gasteiger partial charge in [-0.2, -0.15) is 9.12 Å². The van der Waals surface area contributed by atoms with Crippen molar-refractivity contribution in [3.63, 3.8) is 0 Å². The molecule has 1 aliphatic rings. The number of nitrogens with zero attached hydrogens (tertiary/aromatic N) is 9.